The smallest absolute Gasteiger partial charge is 0.331 e. The van der Waals surface area contributed by atoms with Crippen LogP contribution in [-0.2, 0) is 20.5 Å². The van der Waals surface area contributed by atoms with Crippen LogP contribution in [0.2, 0.25) is 0 Å². The molecule has 0 bridgehead atoms. The second-order valence-corrected chi connectivity index (χ2v) is 8.20. The summed E-state index contributed by atoms with van der Waals surface area (Å²) in [6.45, 7) is 8.87. The molecule has 1 fully saturated rings. The molecule has 1 aliphatic heterocycles. The van der Waals surface area contributed by atoms with Gasteiger partial charge in [0.05, 0.1) is 11.7 Å². The lowest BCUT2D eigenvalue weighted by atomic mass is 9.87. The van der Waals surface area contributed by atoms with Gasteiger partial charge in [0.25, 0.3) is 0 Å². The van der Waals surface area contributed by atoms with Crippen molar-refractivity contribution in [1.82, 2.24) is 19.6 Å². The third-order valence-corrected chi connectivity index (χ3v) is 5.23. The number of carboxylic acid groups (broad SMARTS) is 1. The van der Waals surface area contributed by atoms with Gasteiger partial charge >= 0.3 is 5.97 Å². The monoisotopic (exact) mass is 350 g/mol. The number of aromatic nitrogens is 2. The minimum atomic E-state index is -1.08. The lowest BCUT2D eigenvalue weighted by molar-refractivity contribution is -0.154. The van der Waals surface area contributed by atoms with Gasteiger partial charge in [0, 0.05) is 37.5 Å². The number of aliphatic carboxylic acids is 1. The zero-order valence-corrected chi connectivity index (χ0v) is 16.1. The van der Waals surface area contributed by atoms with Gasteiger partial charge in [0.2, 0.25) is 5.91 Å². The maximum Gasteiger partial charge on any atom is 0.331 e. The highest BCUT2D eigenvalue weighted by atomic mass is 16.4. The van der Waals surface area contributed by atoms with Crippen molar-refractivity contribution in [3.8, 4) is 0 Å². The highest BCUT2D eigenvalue weighted by Gasteiger charge is 2.45. The molecule has 0 aromatic carbocycles. The number of hydrogen-bond donors (Lipinski definition) is 1. The van der Waals surface area contributed by atoms with Gasteiger partial charge in [-0.1, -0.05) is 20.8 Å². The second kappa shape index (κ2) is 6.78. The largest absolute Gasteiger partial charge is 0.479 e. The normalized spacial score (nSPS) is 19.1. The predicted octanol–water partition coefficient (Wildman–Crippen LogP) is 1.53. The van der Waals surface area contributed by atoms with Crippen LogP contribution in [0, 0.1) is 0 Å². The molecular weight excluding hydrogens is 320 g/mol. The SMILES string of the molecule is C[C@@H](C(=O)N1CCC(C(=O)O)(n2ccc(C(C)(C)C)n2)CC1)N(C)C. The fraction of sp³-hybridized carbons (Fsp3) is 0.722. The van der Waals surface area contributed by atoms with Crippen LogP contribution in [0.5, 0.6) is 0 Å². The fourth-order valence-corrected chi connectivity index (χ4v) is 3.09. The maximum absolute atomic E-state index is 12.5. The van der Waals surface area contributed by atoms with Crippen LogP contribution in [0.15, 0.2) is 12.3 Å². The first-order valence-electron chi connectivity index (χ1n) is 8.74. The number of carbonyl (C=O) groups excluding carboxylic acids is 1. The van der Waals surface area contributed by atoms with E-state index >= 15 is 0 Å². The van der Waals surface area contributed by atoms with E-state index in [0.717, 1.165) is 5.69 Å². The topological polar surface area (TPSA) is 78.7 Å². The van der Waals surface area contributed by atoms with Crippen molar-refractivity contribution in [1.29, 1.82) is 0 Å². The molecule has 0 radical (unpaired) electrons. The molecule has 2 rings (SSSR count). The summed E-state index contributed by atoms with van der Waals surface area (Å²) < 4.78 is 1.59. The number of likely N-dealkylation sites (tertiary alicyclic amines) is 1. The standard InChI is InChI=1S/C18H30N4O3/c1-13(20(5)6)15(23)21-11-8-18(9-12-21,16(24)25)22-10-7-14(19-22)17(2,3)4/h7,10,13H,8-9,11-12H2,1-6H3,(H,24,25)/t13-/m0/s1. The minimum absolute atomic E-state index is 0.0415. The molecule has 25 heavy (non-hydrogen) atoms. The van der Waals surface area contributed by atoms with E-state index in [1.807, 2.05) is 32.0 Å². The molecule has 1 atom stereocenters. The molecule has 0 spiro atoms. The highest BCUT2D eigenvalue weighted by Crippen LogP contribution is 2.32. The van der Waals surface area contributed by atoms with Crippen LogP contribution < -0.4 is 0 Å². The minimum Gasteiger partial charge on any atom is -0.479 e. The van der Waals surface area contributed by atoms with Crippen molar-refractivity contribution < 1.29 is 14.7 Å². The van der Waals surface area contributed by atoms with Gasteiger partial charge in [-0.25, -0.2) is 4.79 Å². The Bertz CT molecular complexity index is 637. The molecule has 1 N–H and O–H groups in total. The Kier molecular flexibility index (Phi) is 5.27. The van der Waals surface area contributed by atoms with Gasteiger partial charge < -0.3 is 10.0 Å². The second-order valence-electron chi connectivity index (χ2n) is 8.20. The van der Waals surface area contributed by atoms with E-state index in [-0.39, 0.29) is 17.4 Å². The Morgan fingerprint density at radius 2 is 1.84 bits per heavy atom. The van der Waals surface area contributed by atoms with Crippen molar-refractivity contribution in [2.24, 2.45) is 0 Å². The zero-order chi connectivity index (χ0) is 19.0. The molecule has 0 aliphatic carbocycles. The molecular formula is C18H30N4O3. The van der Waals surface area contributed by atoms with Crippen LogP contribution in [0.3, 0.4) is 0 Å². The van der Waals surface area contributed by atoms with Crippen molar-refractivity contribution in [2.45, 2.75) is 57.5 Å². The third kappa shape index (κ3) is 3.71. The van der Waals surface area contributed by atoms with E-state index in [2.05, 4.69) is 25.9 Å². The van der Waals surface area contributed by atoms with E-state index in [0.29, 0.717) is 25.9 Å². The van der Waals surface area contributed by atoms with Gasteiger partial charge in [-0.3, -0.25) is 14.4 Å². The number of carbonyl (C=O) groups is 2. The molecule has 0 saturated carbocycles. The number of amides is 1. The zero-order valence-electron chi connectivity index (χ0n) is 16.1. The lowest BCUT2D eigenvalue weighted by Crippen LogP contribution is -2.55. The van der Waals surface area contributed by atoms with Gasteiger partial charge in [-0.2, -0.15) is 5.10 Å². The van der Waals surface area contributed by atoms with Crippen LogP contribution in [0.4, 0.5) is 0 Å². The molecule has 1 aliphatic rings. The average molecular weight is 350 g/mol. The van der Waals surface area contributed by atoms with E-state index in [9.17, 15) is 14.7 Å². The predicted molar refractivity (Wildman–Crippen MR) is 95.5 cm³/mol. The Hall–Kier alpha value is -1.89. The van der Waals surface area contributed by atoms with Crippen LogP contribution in [-0.4, -0.2) is 69.8 Å². The van der Waals surface area contributed by atoms with Gasteiger partial charge in [0.15, 0.2) is 5.54 Å². The Morgan fingerprint density at radius 3 is 2.24 bits per heavy atom. The average Bonchev–Trinajstić information content (AvgIpc) is 3.03. The van der Waals surface area contributed by atoms with Crippen LogP contribution >= 0.6 is 0 Å². The molecule has 1 aromatic heterocycles. The molecule has 0 unspecified atom stereocenters. The number of likely N-dealkylation sites (N-methyl/N-ethyl adjacent to an activating group) is 1. The first-order valence-corrected chi connectivity index (χ1v) is 8.74. The third-order valence-electron chi connectivity index (χ3n) is 5.23. The molecule has 1 amide bonds. The van der Waals surface area contributed by atoms with E-state index in [1.54, 1.807) is 15.8 Å². The first-order chi connectivity index (χ1) is 11.5. The Balaban J connectivity index is 2.20. The first kappa shape index (κ1) is 19.4. The number of piperidine rings is 1. The quantitative estimate of drug-likeness (QED) is 0.891. The number of rotatable bonds is 4. The van der Waals surface area contributed by atoms with E-state index < -0.39 is 11.5 Å². The Morgan fingerprint density at radius 1 is 1.28 bits per heavy atom. The van der Waals surface area contributed by atoms with Crippen molar-refractivity contribution >= 4 is 11.9 Å². The van der Waals surface area contributed by atoms with Crippen molar-refractivity contribution in [3.63, 3.8) is 0 Å². The number of nitrogens with zero attached hydrogens (tertiary/aromatic N) is 4. The summed E-state index contributed by atoms with van der Waals surface area (Å²) in [5.74, 6) is -0.844. The number of hydrogen-bond acceptors (Lipinski definition) is 4. The van der Waals surface area contributed by atoms with Gasteiger partial charge in [-0.15, -0.1) is 0 Å². The number of carboxylic acids is 1. The summed E-state index contributed by atoms with van der Waals surface area (Å²) >= 11 is 0. The van der Waals surface area contributed by atoms with E-state index in [1.165, 1.54) is 0 Å². The molecule has 7 heteroatoms. The van der Waals surface area contributed by atoms with E-state index in [4.69, 9.17) is 0 Å². The van der Waals surface area contributed by atoms with Gasteiger partial charge in [0.1, 0.15) is 0 Å². The molecule has 1 aromatic rings. The van der Waals surface area contributed by atoms with Crippen LogP contribution in [0.25, 0.3) is 0 Å². The maximum atomic E-state index is 12.5. The highest BCUT2D eigenvalue weighted by molar-refractivity contribution is 5.82. The summed E-state index contributed by atoms with van der Waals surface area (Å²) in [4.78, 5) is 28.2. The molecule has 2 heterocycles. The lowest BCUT2D eigenvalue weighted by Gasteiger charge is -2.40. The summed E-state index contributed by atoms with van der Waals surface area (Å²) in [6, 6.07) is 1.67. The summed E-state index contributed by atoms with van der Waals surface area (Å²) in [6.07, 6.45) is 2.48. The van der Waals surface area contributed by atoms with Gasteiger partial charge in [-0.05, 0) is 27.1 Å². The van der Waals surface area contributed by atoms with Crippen molar-refractivity contribution in [2.75, 3.05) is 27.2 Å². The fourth-order valence-electron chi connectivity index (χ4n) is 3.09. The summed E-state index contributed by atoms with van der Waals surface area (Å²) in [5.41, 5.74) is -0.349. The molecule has 140 valence electrons. The molecule has 7 nitrogen and oxygen atoms in total. The van der Waals surface area contributed by atoms with Crippen molar-refractivity contribution in [3.05, 3.63) is 18.0 Å². The van der Waals surface area contributed by atoms with Crippen LogP contribution in [0.1, 0.15) is 46.2 Å². The molecule has 1 saturated heterocycles. The Labute approximate surface area is 149 Å². The summed E-state index contributed by atoms with van der Waals surface area (Å²) in [7, 11) is 3.73. The summed E-state index contributed by atoms with van der Waals surface area (Å²) in [5, 5.41) is 14.5.